The molecule has 0 saturated heterocycles. The predicted octanol–water partition coefficient (Wildman–Crippen LogP) is 4.07. The highest BCUT2D eigenvalue weighted by Crippen LogP contribution is 2.27. The Balaban J connectivity index is 1.63. The number of carbonyl (C=O) groups excluding carboxylic acids is 1. The average Bonchev–Trinajstić information content (AvgIpc) is 2.64. The molecule has 0 spiro atoms. The lowest BCUT2D eigenvalue weighted by atomic mass is 10.0. The second-order valence-corrected chi connectivity index (χ2v) is 6.69. The maximum atomic E-state index is 13.1. The van der Waals surface area contributed by atoms with E-state index in [4.69, 9.17) is 4.74 Å². The van der Waals surface area contributed by atoms with Crippen LogP contribution >= 0.6 is 15.9 Å². The fourth-order valence-corrected chi connectivity index (χ4v) is 3.20. The summed E-state index contributed by atoms with van der Waals surface area (Å²) in [6.07, 6.45) is 5.77. The fraction of sp³-hybridized carbons (Fsp3) is 0.263. The van der Waals surface area contributed by atoms with Crippen LogP contribution in [0.5, 0.6) is 5.75 Å². The predicted molar refractivity (Wildman–Crippen MR) is 97.6 cm³/mol. The summed E-state index contributed by atoms with van der Waals surface area (Å²) >= 11 is 3.25. The molecule has 0 fully saturated rings. The maximum Gasteiger partial charge on any atom is 0.263 e. The van der Waals surface area contributed by atoms with E-state index >= 15 is 0 Å². The molecule has 0 N–H and O–H groups in total. The van der Waals surface area contributed by atoms with E-state index in [1.165, 1.54) is 23.8 Å². The van der Waals surface area contributed by atoms with Gasteiger partial charge in [0.1, 0.15) is 11.6 Å². The van der Waals surface area contributed by atoms with Gasteiger partial charge in [-0.15, -0.1) is 0 Å². The molecule has 2 heterocycles. The second-order valence-electron chi connectivity index (χ2n) is 5.84. The molecule has 0 radical (unpaired) electrons. The van der Waals surface area contributed by atoms with Crippen molar-refractivity contribution in [3.63, 3.8) is 0 Å². The number of hydrogen-bond donors (Lipinski definition) is 0. The number of hydrogen-bond acceptors (Lipinski definition) is 3. The van der Waals surface area contributed by atoms with Gasteiger partial charge in [-0.3, -0.25) is 9.78 Å². The summed E-state index contributed by atoms with van der Waals surface area (Å²) in [7, 11) is 0. The molecule has 1 aromatic carbocycles. The van der Waals surface area contributed by atoms with Crippen molar-refractivity contribution < 1.29 is 13.9 Å². The van der Waals surface area contributed by atoms with Gasteiger partial charge in [-0.1, -0.05) is 12.1 Å². The number of rotatable bonds is 4. The topological polar surface area (TPSA) is 42.4 Å². The van der Waals surface area contributed by atoms with Crippen LogP contribution in [-0.4, -0.2) is 35.0 Å². The highest BCUT2D eigenvalue weighted by atomic mass is 79.9. The van der Waals surface area contributed by atoms with Crippen molar-refractivity contribution in [1.29, 1.82) is 0 Å². The van der Waals surface area contributed by atoms with Gasteiger partial charge in [0.05, 0.1) is 4.47 Å². The van der Waals surface area contributed by atoms with Gasteiger partial charge >= 0.3 is 0 Å². The minimum absolute atomic E-state index is 0.0855. The lowest BCUT2D eigenvalue weighted by Crippen LogP contribution is -2.42. The normalized spacial score (nSPS) is 15.5. The summed E-state index contributed by atoms with van der Waals surface area (Å²) in [6, 6.07) is 8.06. The zero-order chi connectivity index (χ0) is 17.8. The molecule has 1 aliphatic rings. The van der Waals surface area contributed by atoms with Crippen LogP contribution < -0.4 is 4.74 Å². The Bertz CT molecular complexity index is 795. The number of pyridine rings is 1. The van der Waals surface area contributed by atoms with E-state index in [1.807, 2.05) is 18.3 Å². The van der Waals surface area contributed by atoms with E-state index in [-0.39, 0.29) is 11.7 Å². The number of benzene rings is 1. The van der Waals surface area contributed by atoms with Crippen molar-refractivity contribution in [2.24, 2.45) is 0 Å². The first-order chi connectivity index (χ1) is 12.0. The summed E-state index contributed by atoms with van der Waals surface area (Å²) in [5, 5.41) is 0. The Morgan fingerprint density at radius 1 is 1.40 bits per heavy atom. The van der Waals surface area contributed by atoms with Gasteiger partial charge in [-0.25, -0.2) is 4.39 Å². The molecule has 1 unspecified atom stereocenters. The van der Waals surface area contributed by atoms with Gasteiger partial charge < -0.3 is 9.64 Å². The largest absolute Gasteiger partial charge is 0.480 e. The van der Waals surface area contributed by atoms with Crippen LogP contribution in [0, 0.1) is 5.82 Å². The van der Waals surface area contributed by atoms with E-state index in [9.17, 15) is 9.18 Å². The smallest absolute Gasteiger partial charge is 0.263 e. The number of carbonyl (C=O) groups is 1. The SMILES string of the molecule is CC(Oc1ccc(F)cc1Br)C(=O)N1CC=C(c2cccnc2)CC1. The van der Waals surface area contributed by atoms with E-state index in [0.717, 1.165) is 12.0 Å². The van der Waals surface area contributed by atoms with Crippen molar-refractivity contribution in [3.8, 4) is 5.75 Å². The first-order valence-electron chi connectivity index (χ1n) is 8.04. The van der Waals surface area contributed by atoms with Crippen molar-refractivity contribution in [3.05, 3.63) is 64.7 Å². The van der Waals surface area contributed by atoms with Gasteiger partial charge in [0.25, 0.3) is 5.91 Å². The Hall–Kier alpha value is -2.21. The Labute approximate surface area is 154 Å². The van der Waals surface area contributed by atoms with E-state index in [0.29, 0.717) is 23.3 Å². The Morgan fingerprint density at radius 3 is 2.88 bits per heavy atom. The summed E-state index contributed by atoms with van der Waals surface area (Å²) in [4.78, 5) is 18.5. The fourth-order valence-electron chi connectivity index (χ4n) is 2.75. The minimum Gasteiger partial charge on any atom is -0.480 e. The summed E-state index contributed by atoms with van der Waals surface area (Å²) in [5.74, 6) is 0.00543. The monoisotopic (exact) mass is 404 g/mol. The molecule has 0 aliphatic carbocycles. The Kier molecular flexibility index (Phi) is 5.48. The molecule has 25 heavy (non-hydrogen) atoms. The molecular weight excluding hydrogens is 387 g/mol. The van der Waals surface area contributed by atoms with Crippen LogP contribution in [0.3, 0.4) is 0 Å². The first kappa shape index (κ1) is 17.6. The molecule has 6 heteroatoms. The van der Waals surface area contributed by atoms with Gasteiger partial charge in [0, 0.05) is 25.5 Å². The third-order valence-corrected chi connectivity index (χ3v) is 4.72. The van der Waals surface area contributed by atoms with Gasteiger partial charge in [0.15, 0.2) is 6.10 Å². The second kappa shape index (κ2) is 7.78. The molecule has 0 saturated carbocycles. The number of amides is 1. The highest BCUT2D eigenvalue weighted by Gasteiger charge is 2.24. The molecule has 1 amide bonds. The van der Waals surface area contributed by atoms with Crippen LogP contribution in [0.4, 0.5) is 4.39 Å². The van der Waals surface area contributed by atoms with Crippen LogP contribution in [0.2, 0.25) is 0 Å². The van der Waals surface area contributed by atoms with Gasteiger partial charge in [0.2, 0.25) is 0 Å². The van der Waals surface area contributed by atoms with Crippen molar-refractivity contribution in [1.82, 2.24) is 9.88 Å². The molecule has 1 aromatic heterocycles. The lowest BCUT2D eigenvalue weighted by Gasteiger charge is -2.29. The first-order valence-corrected chi connectivity index (χ1v) is 8.84. The van der Waals surface area contributed by atoms with Crippen molar-refractivity contribution >= 4 is 27.4 Å². The molecule has 2 aromatic rings. The zero-order valence-corrected chi connectivity index (χ0v) is 15.4. The number of aromatic nitrogens is 1. The average molecular weight is 405 g/mol. The number of halogens is 2. The molecule has 3 rings (SSSR count). The molecule has 1 atom stereocenters. The van der Waals surface area contributed by atoms with Gasteiger partial charge in [-0.05, 0) is 64.7 Å². The van der Waals surface area contributed by atoms with Crippen LogP contribution in [0.15, 0.2) is 53.3 Å². The zero-order valence-electron chi connectivity index (χ0n) is 13.8. The van der Waals surface area contributed by atoms with Crippen LogP contribution in [0.1, 0.15) is 18.9 Å². The molecule has 4 nitrogen and oxygen atoms in total. The third-order valence-electron chi connectivity index (χ3n) is 4.10. The molecule has 0 bridgehead atoms. The lowest BCUT2D eigenvalue weighted by molar-refractivity contribution is -0.137. The van der Waals surface area contributed by atoms with Crippen LogP contribution in [-0.2, 0) is 4.79 Å². The summed E-state index contributed by atoms with van der Waals surface area (Å²) in [6.45, 7) is 2.89. The third kappa shape index (κ3) is 4.25. The molecule has 1 aliphatic heterocycles. The molecular formula is C19H18BrFN2O2. The number of ether oxygens (including phenoxy) is 1. The van der Waals surface area contributed by atoms with Crippen molar-refractivity contribution in [2.75, 3.05) is 13.1 Å². The Morgan fingerprint density at radius 2 is 2.24 bits per heavy atom. The summed E-state index contributed by atoms with van der Waals surface area (Å²) in [5.41, 5.74) is 2.29. The minimum atomic E-state index is -0.643. The number of nitrogens with zero attached hydrogens (tertiary/aromatic N) is 2. The molecule has 130 valence electrons. The van der Waals surface area contributed by atoms with E-state index in [1.54, 1.807) is 18.0 Å². The maximum absolute atomic E-state index is 13.1. The standard InChI is InChI=1S/C19H18BrFN2O2/c1-13(25-18-5-4-16(21)11-17(18)20)19(24)23-9-6-14(7-10-23)15-3-2-8-22-12-15/h2-6,8,11-13H,7,9-10H2,1H3. The van der Waals surface area contributed by atoms with Gasteiger partial charge in [-0.2, -0.15) is 0 Å². The highest BCUT2D eigenvalue weighted by molar-refractivity contribution is 9.10. The van der Waals surface area contributed by atoms with Crippen LogP contribution in [0.25, 0.3) is 5.57 Å². The quantitative estimate of drug-likeness (QED) is 0.771. The van der Waals surface area contributed by atoms with Crippen molar-refractivity contribution in [2.45, 2.75) is 19.4 Å². The van der Waals surface area contributed by atoms with E-state index < -0.39 is 6.10 Å². The van der Waals surface area contributed by atoms with E-state index in [2.05, 4.69) is 27.0 Å². The summed E-state index contributed by atoms with van der Waals surface area (Å²) < 4.78 is 19.3.